The minimum atomic E-state index is -0.347. The third-order valence-corrected chi connectivity index (χ3v) is 4.01. The molecule has 0 atom stereocenters. The van der Waals surface area contributed by atoms with Crippen LogP contribution in [0.25, 0.3) is 0 Å². The van der Waals surface area contributed by atoms with Crippen LogP contribution in [-0.2, 0) is 6.54 Å². The Morgan fingerprint density at radius 3 is 2.73 bits per heavy atom. The highest BCUT2D eigenvalue weighted by Gasteiger charge is 2.19. The molecule has 0 spiro atoms. The number of nitrogens with one attached hydrogen (secondary N) is 1. The van der Waals surface area contributed by atoms with Crippen LogP contribution in [0.3, 0.4) is 0 Å². The van der Waals surface area contributed by atoms with Crippen LogP contribution in [0.2, 0.25) is 0 Å². The predicted octanol–water partition coefficient (Wildman–Crippen LogP) is 2.79. The van der Waals surface area contributed by atoms with Gasteiger partial charge in [0.25, 0.3) is 5.69 Å². The molecule has 0 saturated carbocycles. The van der Waals surface area contributed by atoms with E-state index in [0.29, 0.717) is 12.1 Å². The number of guanidine groups is 1. The molecule has 0 aliphatic carbocycles. The van der Waals surface area contributed by atoms with Crippen molar-refractivity contribution in [3.05, 3.63) is 39.9 Å². The average Bonchev–Trinajstić information content (AvgIpc) is 2.52. The van der Waals surface area contributed by atoms with E-state index >= 15 is 0 Å². The van der Waals surface area contributed by atoms with Gasteiger partial charge < -0.3 is 10.2 Å². The first-order valence-corrected chi connectivity index (χ1v) is 7.87. The maximum Gasteiger partial charge on any atom is 0.274 e. The quantitative estimate of drug-likeness (QED) is 0.402. The van der Waals surface area contributed by atoms with Gasteiger partial charge in [0.2, 0.25) is 0 Å². The lowest BCUT2D eigenvalue weighted by Crippen LogP contribution is -2.45. The lowest BCUT2D eigenvalue weighted by atomic mass is 10.00. The van der Waals surface area contributed by atoms with Crippen molar-refractivity contribution in [2.45, 2.75) is 33.2 Å². The molecule has 0 unspecified atom stereocenters. The van der Waals surface area contributed by atoms with Crippen molar-refractivity contribution in [2.75, 3.05) is 19.6 Å². The van der Waals surface area contributed by atoms with Crippen molar-refractivity contribution < 1.29 is 4.92 Å². The zero-order chi connectivity index (χ0) is 15.9. The summed E-state index contributed by atoms with van der Waals surface area (Å²) in [7, 11) is 0. The minimum Gasteiger partial charge on any atom is -0.357 e. The summed E-state index contributed by atoms with van der Waals surface area (Å²) >= 11 is 0. The van der Waals surface area contributed by atoms with Gasteiger partial charge in [-0.15, -0.1) is 0 Å². The second kappa shape index (κ2) is 7.77. The fraction of sp³-hybridized carbons (Fsp3) is 0.562. The molecule has 1 aromatic rings. The van der Waals surface area contributed by atoms with Crippen LogP contribution >= 0.6 is 0 Å². The smallest absolute Gasteiger partial charge is 0.274 e. The molecule has 0 radical (unpaired) electrons. The number of nitrogens with zero attached hydrogens (tertiary/aromatic N) is 3. The summed E-state index contributed by atoms with van der Waals surface area (Å²) in [5.41, 5.74) is 0.780. The molecule has 0 bridgehead atoms. The number of rotatable bonds is 4. The van der Waals surface area contributed by atoms with Crippen LogP contribution in [0.15, 0.2) is 29.3 Å². The molecule has 120 valence electrons. The van der Waals surface area contributed by atoms with Crippen molar-refractivity contribution in [2.24, 2.45) is 10.9 Å². The first-order chi connectivity index (χ1) is 10.6. The lowest BCUT2D eigenvalue weighted by molar-refractivity contribution is -0.385. The van der Waals surface area contributed by atoms with Crippen molar-refractivity contribution >= 4 is 11.6 Å². The summed E-state index contributed by atoms with van der Waals surface area (Å²) in [6.07, 6.45) is 2.33. The highest BCUT2D eigenvalue weighted by Crippen LogP contribution is 2.19. The molecule has 1 N–H and O–H groups in total. The van der Waals surface area contributed by atoms with E-state index in [0.717, 1.165) is 44.4 Å². The normalized spacial score (nSPS) is 16.6. The maximum absolute atomic E-state index is 11.1. The van der Waals surface area contributed by atoms with Gasteiger partial charge in [-0.3, -0.25) is 10.1 Å². The fourth-order valence-electron chi connectivity index (χ4n) is 2.63. The van der Waals surface area contributed by atoms with Gasteiger partial charge in [0, 0.05) is 25.7 Å². The van der Waals surface area contributed by atoms with Crippen LogP contribution in [-0.4, -0.2) is 35.4 Å². The Labute approximate surface area is 131 Å². The molecule has 6 nitrogen and oxygen atoms in total. The monoisotopic (exact) mass is 304 g/mol. The van der Waals surface area contributed by atoms with Crippen LogP contribution in [0, 0.1) is 16.0 Å². The molecule has 22 heavy (non-hydrogen) atoms. The van der Waals surface area contributed by atoms with Gasteiger partial charge in [0.15, 0.2) is 5.96 Å². The van der Waals surface area contributed by atoms with Crippen molar-refractivity contribution in [3.8, 4) is 0 Å². The van der Waals surface area contributed by atoms with Gasteiger partial charge in [0.05, 0.1) is 17.0 Å². The summed E-state index contributed by atoms with van der Waals surface area (Å²) in [4.78, 5) is 17.6. The largest absolute Gasteiger partial charge is 0.357 e. The molecular weight excluding hydrogens is 280 g/mol. The van der Waals surface area contributed by atoms with Crippen LogP contribution in [0.4, 0.5) is 5.69 Å². The minimum absolute atomic E-state index is 0.134. The third kappa shape index (κ3) is 4.19. The zero-order valence-electron chi connectivity index (χ0n) is 13.3. The first-order valence-electron chi connectivity index (χ1n) is 7.87. The molecule has 1 saturated heterocycles. The van der Waals surface area contributed by atoms with E-state index in [1.165, 1.54) is 6.07 Å². The molecule has 2 rings (SSSR count). The topological polar surface area (TPSA) is 70.8 Å². The molecule has 1 aliphatic rings. The fourth-order valence-corrected chi connectivity index (χ4v) is 2.63. The highest BCUT2D eigenvalue weighted by atomic mass is 16.6. The predicted molar refractivity (Wildman–Crippen MR) is 87.9 cm³/mol. The zero-order valence-corrected chi connectivity index (χ0v) is 13.3. The number of para-hydroxylation sites is 1. The summed E-state index contributed by atoms with van der Waals surface area (Å²) in [6.45, 7) is 7.41. The Kier molecular flexibility index (Phi) is 5.75. The Morgan fingerprint density at radius 1 is 1.41 bits per heavy atom. The van der Waals surface area contributed by atoms with E-state index in [2.05, 4.69) is 22.1 Å². The molecule has 1 aliphatic heterocycles. The molecule has 1 aromatic carbocycles. The molecule has 0 aromatic heterocycles. The Balaban J connectivity index is 2.12. The van der Waals surface area contributed by atoms with Crippen molar-refractivity contribution in [1.29, 1.82) is 0 Å². The lowest BCUT2D eigenvalue weighted by Gasteiger charge is -2.33. The Hall–Kier alpha value is -2.11. The van der Waals surface area contributed by atoms with Crippen molar-refractivity contribution in [3.63, 3.8) is 0 Å². The van der Waals surface area contributed by atoms with Gasteiger partial charge in [-0.1, -0.05) is 25.1 Å². The number of nitro groups is 1. The second-order valence-corrected chi connectivity index (χ2v) is 5.73. The third-order valence-electron chi connectivity index (χ3n) is 4.01. The summed E-state index contributed by atoms with van der Waals surface area (Å²) in [5, 5.41) is 14.4. The first kappa shape index (κ1) is 16.3. The van der Waals surface area contributed by atoms with Crippen LogP contribution < -0.4 is 5.32 Å². The average molecular weight is 304 g/mol. The number of nitro benzene ring substituents is 1. The second-order valence-electron chi connectivity index (χ2n) is 5.73. The Bertz CT molecular complexity index is 537. The molecule has 1 heterocycles. The standard InChI is InChI=1S/C16H24N4O2/c1-3-17-16(19-10-8-13(2)9-11-19)18-12-14-6-4-5-7-15(14)20(21)22/h4-7,13H,3,8-12H2,1-2H3,(H,17,18). The van der Waals surface area contributed by atoms with Gasteiger partial charge in [-0.2, -0.15) is 0 Å². The Morgan fingerprint density at radius 2 is 2.09 bits per heavy atom. The van der Waals surface area contributed by atoms with E-state index in [1.54, 1.807) is 12.1 Å². The number of piperidine rings is 1. The summed E-state index contributed by atoms with van der Waals surface area (Å²) in [5.74, 6) is 1.61. The number of hydrogen-bond acceptors (Lipinski definition) is 3. The molecule has 0 amide bonds. The molecule has 1 fully saturated rings. The summed E-state index contributed by atoms with van der Waals surface area (Å²) in [6, 6.07) is 6.79. The van der Waals surface area contributed by atoms with E-state index < -0.39 is 0 Å². The molecular formula is C16H24N4O2. The van der Waals surface area contributed by atoms with E-state index in [4.69, 9.17) is 0 Å². The maximum atomic E-state index is 11.1. The molecule has 6 heteroatoms. The van der Waals surface area contributed by atoms with E-state index in [1.807, 2.05) is 13.0 Å². The van der Waals surface area contributed by atoms with Gasteiger partial charge >= 0.3 is 0 Å². The van der Waals surface area contributed by atoms with Gasteiger partial charge in [0.1, 0.15) is 0 Å². The summed E-state index contributed by atoms with van der Waals surface area (Å²) < 4.78 is 0. The van der Waals surface area contributed by atoms with E-state index in [9.17, 15) is 10.1 Å². The number of likely N-dealkylation sites (tertiary alicyclic amines) is 1. The van der Waals surface area contributed by atoms with E-state index in [-0.39, 0.29) is 10.6 Å². The SMILES string of the molecule is CCNC(=NCc1ccccc1[N+](=O)[O-])N1CCC(C)CC1. The van der Waals surface area contributed by atoms with Crippen molar-refractivity contribution in [1.82, 2.24) is 10.2 Å². The number of aliphatic imine (C=N–C) groups is 1. The van der Waals surface area contributed by atoms with Gasteiger partial charge in [-0.25, -0.2) is 4.99 Å². The number of benzene rings is 1. The highest BCUT2D eigenvalue weighted by molar-refractivity contribution is 5.80. The van der Waals surface area contributed by atoms with Crippen LogP contribution in [0.1, 0.15) is 32.3 Å². The van der Waals surface area contributed by atoms with Gasteiger partial charge in [-0.05, 0) is 25.7 Å². The van der Waals surface area contributed by atoms with Crippen LogP contribution in [0.5, 0.6) is 0 Å². The number of hydrogen-bond donors (Lipinski definition) is 1.